The zero-order chi connectivity index (χ0) is 15.7. The number of carbonyl (C=O) groups excluding carboxylic acids is 2. The van der Waals surface area contributed by atoms with Gasteiger partial charge in [0.25, 0.3) is 11.1 Å². The first-order chi connectivity index (χ1) is 10.5. The van der Waals surface area contributed by atoms with E-state index in [4.69, 9.17) is 23.2 Å². The highest BCUT2D eigenvalue weighted by Crippen LogP contribution is 2.36. The highest BCUT2D eigenvalue weighted by molar-refractivity contribution is 8.18. The van der Waals surface area contributed by atoms with Crippen molar-refractivity contribution in [2.75, 3.05) is 0 Å². The summed E-state index contributed by atoms with van der Waals surface area (Å²) < 4.78 is 0.291. The third-order valence-electron chi connectivity index (χ3n) is 2.90. The Morgan fingerprint density at radius 2 is 1.91 bits per heavy atom. The van der Waals surface area contributed by atoms with Crippen LogP contribution >= 0.6 is 46.3 Å². The van der Waals surface area contributed by atoms with Crippen LogP contribution < -0.4 is 0 Å². The number of hydrogen-bond donors (Lipinski definition) is 0. The van der Waals surface area contributed by atoms with Crippen molar-refractivity contribution in [1.29, 1.82) is 0 Å². The highest BCUT2D eigenvalue weighted by Gasteiger charge is 2.35. The molecule has 2 heterocycles. The van der Waals surface area contributed by atoms with E-state index < -0.39 is 0 Å². The third-order valence-corrected chi connectivity index (χ3v) is 5.32. The molecule has 0 radical (unpaired) electrons. The van der Waals surface area contributed by atoms with Crippen molar-refractivity contribution in [3.63, 3.8) is 0 Å². The summed E-state index contributed by atoms with van der Waals surface area (Å²) in [5, 5.41) is -0.0725. The van der Waals surface area contributed by atoms with Gasteiger partial charge in [-0.3, -0.25) is 14.5 Å². The molecular formula is C14H8Cl2N2O2S2. The molecule has 0 N–H and O–H groups in total. The van der Waals surface area contributed by atoms with Crippen LogP contribution in [0.4, 0.5) is 4.79 Å². The Morgan fingerprint density at radius 3 is 2.55 bits per heavy atom. The van der Waals surface area contributed by atoms with E-state index in [1.165, 1.54) is 4.90 Å². The van der Waals surface area contributed by atoms with E-state index in [1.54, 1.807) is 6.08 Å². The van der Waals surface area contributed by atoms with Gasteiger partial charge < -0.3 is 0 Å². The number of thiazole rings is 1. The normalized spacial score (nSPS) is 16.8. The number of halogens is 2. The minimum absolute atomic E-state index is 0.227. The van der Waals surface area contributed by atoms with E-state index in [9.17, 15) is 9.59 Å². The molecule has 2 aromatic rings. The number of carbonyl (C=O) groups is 2. The lowest BCUT2D eigenvalue weighted by atomic mass is 10.2. The summed E-state index contributed by atoms with van der Waals surface area (Å²) >= 11 is 13.8. The van der Waals surface area contributed by atoms with Gasteiger partial charge in [0.1, 0.15) is 5.15 Å². The molecule has 1 aromatic heterocycles. The molecule has 0 aliphatic carbocycles. The third kappa shape index (κ3) is 3.20. The number of hydrogen-bond acceptors (Lipinski definition) is 5. The summed E-state index contributed by atoms with van der Waals surface area (Å²) in [6, 6.07) is 9.35. The Balaban J connectivity index is 1.84. The minimum Gasteiger partial charge on any atom is -0.268 e. The number of benzene rings is 1. The first-order valence-electron chi connectivity index (χ1n) is 6.15. The summed E-state index contributed by atoms with van der Waals surface area (Å²) in [4.78, 5) is 30.4. The molecule has 2 amide bonds. The zero-order valence-electron chi connectivity index (χ0n) is 11.0. The van der Waals surface area contributed by atoms with Gasteiger partial charge in [-0.05, 0) is 23.4 Å². The molecule has 0 atom stereocenters. The summed E-state index contributed by atoms with van der Waals surface area (Å²) in [6.07, 6.45) is 1.56. The number of thioether (sulfide) groups is 1. The van der Waals surface area contributed by atoms with Crippen LogP contribution in [0.1, 0.15) is 10.4 Å². The molecule has 3 rings (SSSR count). The Hall–Kier alpha value is -1.34. The molecule has 1 aliphatic heterocycles. The van der Waals surface area contributed by atoms with E-state index in [0.717, 1.165) is 28.7 Å². The fourth-order valence-corrected chi connectivity index (χ4v) is 4.10. The predicted octanol–water partition coefficient (Wildman–Crippen LogP) is 4.69. The number of imide groups is 1. The molecule has 1 fully saturated rings. The number of amides is 2. The molecule has 112 valence electrons. The van der Waals surface area contributed by atoms with Crippen LogP contribution in [0.2, 0.25) is 9.62 Å². The Kier molecular flexibility index (Phi) is 4.54. The van der Waals surface area contributed by atoms with Gasteiger partial charge in [-0.2, -0.15) is 0 Å². The van der Waals surface area contributed by atoms with Crippen molar-refractivity contribution >= 4 is 63.5 Å². The largest absolute Gasteiger partial charge is 0.293 e. The highest BCUT2D eigenvalue weighted by atomic mass is 35.5. The van der Waals surface area contributed by atoms with Crippen LogP contribution in [0.15, 0.2) is 35.2 Å². The maximum absolute atomic E-state index is 12.4. The van der Waals surface area contributed by atoms with E-state index in [0.29, 0.717) is 14.2 Å². The molecule has 0 spiro atoms. The maximum Gasteiger partial charge on any atom is 0.293 e. The molecule has 0 saturated carbocycles. The van der Waals surface area contributed by atoms with Crippen molar-refractivity contribution in [2.45, 2.75) is 6.54 Å². The number of nitrogens with zero attached hydrogens (tertiary/aromatic N) is 2. The van der Waals surface area contributed by atoms with Gasteiger partial charge in [0.15, 0.2) is 4.47 Å². The van der Waals surface area contributed by atoms with E-state index in [1.807, 2.05) is 30.3 Å². The van der Waals surface area contributed by atoms with Gasteiger partial charge in [0.05, 0.1) is 16.3 Å². The van der Waals surface area contributed by atoms with Crippen molar-refractivity contribution in [3.8, 4) is 0 Å². The number of aromatic nitrogens is 1. The molecular weight excluding hydrogens is 363 g/mol. The first-order valence-corrected chi connectivity index (χ1v) is 8.54. The molecule has 8 heteroatoms. The molecule has 22 heavy (non-hydrogen) atoms. The zero-order valence-corrected chi connectivity index (χ0v) is 14.1. The van der Waals surface area contributed by atoms with Gasteiger partial charge in [-0.25, -0.2) is 4.98 Å². The van der Waals surface area contributed by atoms with Crippen LogP contribution in [0, 0.1) is 0 Å². The quantitative estimate of drug-likeness (QED) is 0.735. The Morgan fingerprint density at radius 1 is 1.18 bits per heavy atom. The van der Waals surface area contributed by atoms with Gasteiger partial charge in [-0.1, -0.05) is 53.5 Å². The summed E-state index contributed by atoms with van der Waals surface area (Å²) in [6.45, 7) is 0.250. The number of rotatable bonds is 3. The molecule has 1 aromatic carbocycles. The lowest BCUT2D eigenvalue weighted by molar-refractivity contribution is -0.123. The van der Waals surface area contributed by atoms with Crippen LogP contribution in [-0.4, -0.2) is 21.0 Å². The van der Waals surface area contributed by atoms with Crippen LogP contribution in [0.3, 0.4) is 0 Å². The molecule has 4 nitrogen and oxygen atoms in total. The smallest absolute Gasteiger partial charge is 0.268 e. The van der Waals surface area contributed by atoms with Gasteiger partial charge in [0.2, 0.25) is 0 Å². The van der Waals surface area contributed by atoms with Crippen LogP contribution in [0.25, 0.3) is 6.08 Å². The van der Waals surface area contributed by atoms with Crippen LogP contribution in [0.5, 0.6) is 0 Å². The Labute approximate surface area is 144 Å². The molecule has 0 bridgehead atoms. The SMILES string of the molecule is O=C1S/C(=C\c2sc(Cl)nc2Cl)C(=O)N1Cc1ccccc1. The monoisotopic (exact) mass is 370 g/mol. The minimum atomic E-state index is -0.334. The van der Waals surface area contributed by atoms with Crippen molar-refractivity contribution < 1.29 is 9.59 Å². The lowest BCUT2D eigenvalue weighted by Crippen LogP contribution is -2.27. The topological polar surface area (TPSA) is 50.3 Å². The summed E-state index contributed by atoms with van der Waals surface area (Å²) in [7, 11) is 0. The molecule has 1 saturated heterocycles. The second-order valence-electron chi connectivity index (χ2n) is 4.38. The molecule has 1 aliphatic rings. The standard InChI is InChI=1S/C14H8Cl2N2O2S2/c15-11-9(21-13(16)17-11)6-10-12(19)18(14(20)22-10)7-8-4-2-1-3-5-8/h1-6H,7H2/b10-6-. The summed E-state index contributed by atoms with van der Waals surface area (Å²) in [5.74, 6) is -0.334. The van der Waals surface area contributed by atoms with Crippen molar-refractivity contribution in [3.05, 3.63) is 55.3 Å². The lowest BCUT2D eigenvalue weighted by Gasteiger charge is -2.11. The predicted molar refractivity (Wildman–Crippen MR) is 90.1 cm³/mol. The van der Waals surface area contributed by atoms with Gasteiger partial charge >= 0.3 is 0 Å². The maximum atomic E-state index is 12.4. The van der Waals surface area contributed by atoms with E-state index >= 15 is 0 Å². The van der Waals surface area contributed by atoms with Gasteiger partial charge in [-0.15, -0.1) is 11.3 Å². The summed E-state index contributed by atoms with van der Waals surface area (Å²) in [5.41, 5.74) is 0.893. The van der Waals surface area contributed by atoms with Gasteiger partial charge in [0, 0.05) is 0 Å². The van der Waals surface area contributed by atoms with E-state index in [-0.39, 0.29) is 22.8 Å². The average molecular weight is 371 g/mol. The van der Waals surface area contributed by atoms with E-state index in [2.05, 4.69) is 4.98 Å². The second kappa shape index (κ2) is 6.42. The Bertz CT molecular complexity index is 774. The van der Waals surface area contributed by atoms with Crippen LogP contribution in [-0.2, 0) is 11.3 Å². The van der Waals surface area contributed by atoms with Crippen molar-refractivity contribution in [1.82, 2.24) is 9.88 Å². The molecule has 0 unspecified atom stereocenters. The fourth-order valence-electron chi connectivity index (χ4n) is 1.90. The average Bonchev–Trinajstić information content (AvgIpc) is 2.94. The second-order valence-corrected chi connectivity index (χ2v) is 7.34. The first kappa shape index (κ1) is 15.6. The van der Waals surface area contributed by atoms with Crippen molar-refractivity contribution in [2.24, 2.45) is 0 Å². The fraction of sp³-hybridized carbons (Fsp3) is 0.0714.